The lowest BCUT2D eigenvalue weighted by Crippen LogP contribution is -2.01. The number of nitrogens with zero attached hydrogens (tertiary/aromatic N) is 1. The van der Waals surface area contributed by atoms with Crippen molar-refractivity contribution in [2.75, 3.05) is 11.9 Å². The Morgan fingerprint density at radius 1 is 1.11 bits per heavy atom. The molecule has 3 heteroatoms. The van der Waals surface area contributed by atoms with Crippen molar-refractivity contribution in [2.24, 2.45) is 0 Å². The summed E-state index contributed by atoms with van der Waals surface area (Å²) in [4.78, 5) is 0. The minimum Gasteiger partial charge on any atom is -0.380 e. The molecule has 0 heterocycles. The predicted molar refractivity (Wildman–Crippen MR) is 75.1 cm³/mol. The van der Waals surface area contributed by atoms with Crippen LogP contribution in [0, 0.1) is 17.1 Å². The van der Waals surface area contributed by atoms with E-state index >= 15 is 0 Å². The third-order valence-corrected chi connectivity index (χ3v) is 2.65. The molecule has 2 aromatic rings. The second-order valence-electron chi connectivity index (χ2n) is 3.97. The lowest BCUT2D eigenvalue weighted by molar-refractivity contribution is 0.624. The molecule has 0 atom stereocenters. The lowest BCUT2D eigenvalue weighted by atomic mass is 10.2. The molecule has 94 valence electrons. The topological polar surface area (TPSA) is 35.8 Å². The minimum atomic E-state index is -0.500. The molecule has 0 aliphatic rings. The normalized spacial score (nSPS) is 10.3. The van der Waals surface area contributed by atoms with Crippen LogP contribution >= 0.6 is 0 Å². The zero-order valence-corrected chi connectivity index (χ0v) is 10.3. The van der Waals surface area contributed by atoms with Gasteiger partial charge in [-0.05, 0) is 17.7 Å². The summed E-state index contributed by atoms with van der Waals surface area (Å²) in [6.45, 7) is 0.535. The predicted octanol–water partition coefficient (Wildman–Crippen LogP) is 3.82. The minimum absolute atomic E-state index is 0.0515. The number of hydrogen-bond donors (Lipinski definition) is 1. The zero-order valence-electron chi connectivity index (χ0n) is 10.3. The monoisotopic (exact) mass is 252 g/mol. The molecule has 0 bridgehead atoms. The van der Waals surface area contributed by atoms with Gasteiger partial charge >= 0.3 is 0 Å². The summed E-state index contributed by atoms with van der Waals surface area (Å²) in [5.41, 5.74) is 1.67. The first-order valence-electron chi connectivity index (χ1n) is 5.95. The largest absolute Gasteiger partial charge is 0.380 e. The molecular formula is C16H13FN2. The van der Waals surface area contributed by atoms with E-state index in [0.717, 1.165) is 5.56 Å². The van der Waals surface area contributed by atoms with Crippen molar-refractivity contribution in [1.29, 1.82) is 5.26 Å². The molecule has 0 amide bonds. The van der Waals surface area contributed by atoms with E-state index in [1.54, 1.807) is 12.1 Å². The number of benzene rings is 2. The van der Waals surface area contributed by atoms with Gasteiger partial charge in [0.05, 0.1) is 5.69 Å². The first-order chi connectivity index (χ1) is 9.31. The number of anilines is 1. The van der Waals surface area contributed by atoms with E-state index < -0.39 is 5.82 Å². The van der Waals surface area contributed by atoms with Crippen molar-refractivity contribution in [1.82, 2.24) is 0 Å². The van der Waals surface area contributed by atoms with Crippen LogP contribution in [0.1, 0.15) is 11.1 Å². The summed E-state index contributed by atoms with van der Waals surface area (Å²) in [6, 6.07) is 16.3. The highest BCUT2D eigenvalue weighted by Gasteiger charge is 2.05. The van der Waals surface area contributed by atoms with Gasteiger partial charge in [-0.25, -0.2) is 4.39 Å². The number of hydrogen-bond acceptors (Lipinski definition) is 2. The van der Waals surface area contributed by atoms with Crippen molar-refractivity contribution in [3.8, 4) is 6.07 Å². The summed E-state index contributed by atoms with van der Waals surface area (Å²) in [5, 5.41) is 11.9. The number of halogens is 1. The molecular weight excluding hydrogens is 239 g/mol. The van der Waals surface area contributed by atoms with Crippen molar-refractivity contribution < 1.29 is 4.39 Å². The van der Waals surface area contributed by atoms with Gasteiger partial charge in [-0.1, -0.05) is 48.6 Å². The Morgan fingerprint density at radius 2 is 1.89 bits per heavy atom. The molecule has 0 aliphatic heterocycles. The summed E-state index contributed by atoms with van der Waals surface area (Å²) in [5.74, 6) is -0.500. The van der Waals surface area contributed by atoms with Crippen LogP contribution in [0.25, 0.3) is 6.08 Å². The van der Waals surface area contributed by atoms with Crippen LogP contribution in [-0.4, -0.2) is 6.54 Å². The average Bonchev–Trinajstić information content (AvgIpc) is 2.45. The highest BCUT2D eigenvalue weighted by atomic mass is 19.1. The number of nitrogens with one attached hydrogen (secondary N) is 1. The van der Waals surface area contributed by atoms with Crippen LogP contribution in [0.15, 0.2) is 54.6 Å². The van der Waals surface area contributed by atoms with Gasteiger partial charge in [-0.2, -0.15) is 5.26 Å². The van der Waals surface area contributed by atoms with Gasteiger partial charge in [-0.15, -0.1) is 0 Å². The maximum atomic E-state index is 13.3. The average molecular weight is 252 g/mol. The van der Waals surface area contributed by atoms with E-state index in [0.29, 0.717) is 12.2 Å². The van der Waals surface area contributed by atoms with Gasteiger partial charge in [0.15, 0.2) is 0 Å². The molecule has 0 aromatic heterocycles. The Morgan fingerprint density at radius 3 is 2.63 bits per heavy atom. The van der Waals surface area contributed by atoms with Crippen molar-refractivity contribution in [3.05, 3.63) is 71.6 Å². The second-order valence-corrected chi connectivity index (χ2v) is 3.97. The lowest BCUT2D eigenvalue weighted by Gasteiger charge is -2.05. The van der Waals surface area contributed by atoms with Crippen molar-refractivity contribution >= 4 is 11.8 Å². The molecule has 2 aromatic carbocycles. The van der Waals surface area contributed by atoms with E-state index in [2.05, 4.69) is 5.32 Å². The third kappa shape index (κ3) is 3.43. The molecule has 0 unspecified atom stereocenters. The fourth-order valence-corrected chi connectivity index (χ4v) is 1.71. The molecule has 0 radical (unpaired) electrons. The Kier molecular flexibility index (Phi) is 4.30. The summed E-state index contributed by atoms with van der Waals surface area (Å²) >= 11 is 0. The van der Waals surface area contributed by atoms with Crippen LogP contribution in [0.5, 0.6) is 0 Å². The summed E-state index contributed by atoms with van der Waals surface area (Å²) in [6.07, 6.45) is 3.90. The van der Waals surface area contributed by atoms with E-state index in [9.17, 15) is 4.39 Å². The number of rotatable bonds is 4. The molecule has 2 rings (SSSR count). The maximum Gasteiger partial charge on any atom is 0.143 e. The van der Waals surface area contributed by atoms with Gasteiger partial charge in [0.25, 0.3) is 0 Å². The van der Waals surface area contributed by atoms with E-state index in [-0.39, 0.29) is 5.56 Å². The van der Waals surface area contributed by atoms with Crippen LogP contribution in [-0.2, 0) is 0 Å². The Labute approximate surface area is 111 Å². The standard InChI is InChI=1S/C16H13FN2/c17-15-9-4-10-16(14(15)12-18)19-11-5-8-13-6-2-1-3-7-13/h1-10,19H,11H2. The molecule has 0 spiro atoms. The first kappa shape index (κ1) is 12.8. The highest BCUT2D eigenvalue weighted by molar-refractivity contribution is 5.59. The van der Waals surface area contributed by atoms with Crippen molar-refractivity contribution in [2.45, 2.75) is 0 Å². The van der Waals surface area contributed by atoms with Crippen LogP contribution in [0.4, 0.5) is 10.1 Å². The van der Waals surface area contributed by atoms with E-state index in [1.807, 2.05) is 48.6 Å². The SMILES string of the molecule is N#Cc1c(F)cccc1NCC=Cc1ccccc1. The van der Waals surface area contributed by atoms with Crippen LogP contribution < -0.4 is 5.32 Å². The molecule has 19 heavy (non-hydrogen) atoms. The molecule has 2 nitrogen and oxygen atoms in total. The van der Waals surface area contributed by atoms with E-state index in [4.69, 9.17) is 5.26 Å². The maximum absolute atomic E-state index is 13.3. The highest BCUT2D eigenvalue weighted by Crippen LogP contribution is 2.17. The molecule has 0 fully saturated rings. The Bertz CT molecular complexity index is 612. The van der Waals surface area contributed by atoms with Gasteiger partial charge in [0.1, 0.15) is 17.4 Å². The Hall–Kier alpha value is -2.60. The van der Waals surface area contributed by atoms with Gasteiger partial charge in [0.2, 0.25) is 0 Å². The fraction of sp³-hybridized carbons (Fsp3) is 0.0625. The summed E-state index contributed by atoms with van der Waals surface area (Å²) in [7, 11) is 0. The van der Waals surface area contributed by atoms with Gasteiger partial charge in [-0.3, -0.25) is 0 Å². The zero-order chi connectivity index (χ0) is 13.5. The smallest absolute Gasteiger partial charge is 0.143 e. The number of nitriles is 1. The Balaban J connectivity index is 1.99. The third-order valence-electron chi connectivity index (χ3n) is 2.65. The molecule has 1 N–H and O–H groups in total. The quantitative estimate of drug-likeness (QED) is 0.897. The molecule has 0 aliphatic carbocycles. The first-order valence-corrected chi connectivity index (χ1v) is 5.95. The van der Waals surface area contributed by atoms with Gasteiger partial charge < -0.3 is 5.32 Å². The van der Waals surface area contributed by atoms with Gasteiger partial charge in [0, 0.05) is 6.54 Å². The van der Waals surface area contributed by atoms with E-state index in [1.165, 1.54) is 6.07 Å². The van der Waals surface area contributed by atoms with Crippen LogP contribution in [0.2, 0.25) is 0 Å². The van der Waals surface area contributed by atoms with Crippen molar-refractivity contribution in [3.63, 3.8) is 0 Å². The summed E-state index contributed by atoms with van der Waals surface area (Å²) < 4.78 is 13.3. The second kappa shape index (κ2) is 6.36. The van der Waals surface area contributed by atoms with Crippen LogP contribution in [0.3, 0.4) is 0 Å². The fourth-order valence-electron chi connectivity index (χ4n) is 1.71. The molecule has 0 saturated carbocycles. The molecule has 0 saturated heterocycles.